The van der Waals surface area contributed by atoms with Gasteiger partial charge in [0.1, 0.15) is 0 Å². The van der Waals surface area contributed by atoms with E-state index in [0.29, 0.717) is 46.3 Å². The molecule has 0 unspecified atom stereocenters. The zero-order chi connectivity index (χ0) is 28.2. The number of aliphatic hydroxyl groups excluding tert-OH is 4. The van der Waals surface area contributed by atoms with Gasteiger partial charge in [-0.3, -0.25) is 0 Å². The first-order valence-electron chi connectivity index (χ1n) is 14.6. The van der Waals surface area contributed by atoms with Crippen LogP contribution in [0.15, 0.2) is 24.3 Å². The highest BCUT2D eigenvalue weighted by atomic mass is 16.5. The third kappa shape index (κ3) is 5.85. The molecule has 0 aromatic heterocycles. The Morgan fingerprint density at radius 3 is 1.54 bits per heavy atom. The smallest absolute Gasteiger partial charge is 0.166 e. The topological polar surface area (TPSA) is 99.4 Å². The summed E-state index contributed by atoms with van der Waals surface area (Å²) < 4.78 is 11.1. The first kappa shape index (κ1) is 29.9. The van der Waals surface area contributed by atoms with Gasteiger partial charge in [0.05, 0.1) is 40.6 Å². The quantitative estimate of drug-likeness (QED) is 0.297. The first-order valence-corrected chi connectivity index (χ1v) is 14.6. The average Bonchev–Trinajstić information content (AvgIpc) is 2.99. The van der Waals surface area contributed by atoms with E-state index >= 15 is 0 Å². The highest BCUT2D eigenvalue weighted by molar-refractivity contribution is 5.51. The summed E-state index contributed by atoms with van der Waals surface area (Å²) in [7, 11) is 3.26. The summed E-state index contributed by atoms with van der Waals surface area (Å²) in [4.78, 5) is 0. The Morgan fingerprint density at radius 2 is 1.10 bits per heavy atom. The molecule has 0 radical (unpaired) electrons. The molecule has 0 heterocycles. The van der Waals surface area contributed by atoms with Gasteiger partial charge >= 0.3 is 0 Å². The van der Waals surface area contributed by atoms with Gasteiger partial charge in [-0.1, -0.05) is 32.0 Å². The van der Waals surface area contributed by atoms with Crippen molar-refractivity contribution in [2.45, 2.75) is 103 Å². The third-order valence-electron chi connectivity index (χ3n) is 10.3. The Balaban J connectivity index is 1.41. The Labute approximate surface area is 234 Å². The maximum Gasteiger partial charge on any atom is 0.166 e. The summed E-state index contributed by atoms with van der Waals surface area (Å²) in [5, 5.41) is 39.8. The van der Waals surface area contributed by atoms with E-state index in [9.17, 15) is 20.4 Å². The lowest BCUT2D eigenvalue weighted by molar-refractivity contribution is 0.0510. The fraction of sp³-hybridized carbons (Fsp3) is 0.636. The zero-order valence-electron chi connectivity index (χ0n) is 24.2. The lowest BCUT2D eigenvalue weighted by Gasteiger charge is -2.47. The van der Waals surface area contributed by atoms with Gasteiger partial charge in [0.15, 0.2) is 11.5 Å². The molecule has 4 rings (SSSR count). The van der Waals surface area contributed by atoms with Gasteiger partial charge < -0.3 is 29.9 Å². The predicted octanol–water partition coefficient (Wildman–Crippen LogP) is 5.95. The van der Waals surface area contributed by atoms with Crippen LogP contribution in [0.4, 0.5) is 0 Å². The molecular weight excluding hydrogens is 492 g/mol. The molecule has 2 aromatic carbocycles. The van der Waals surface area contributed by atoms with E-state index in [1.54, 1.807) is 14.2 Å². The van der Waals surface area contributed by atoms with Gasteiger partial charge in [0, 0.05) is 5.56 Å². The highest BCUT2D eigenvalue weighted by Gasteiger charge is 2.41. The van der Waals surface area contributed by atoms with Crippen molar-refractivity contribution in [2.75, 3.05) is 14.2 Å². The van der Waals surface area contributed by atoms with Gasteiger partial charge in [0.25, 0.3) is 0 Å². The lowest BCUT2D eigenvalue weighted by Crippen LogP contribution is -2.37. The molecule has 2 fully saturated rings. The fourth-order valence-corrected chi connectivity index (χ4v) is 7.86. The number of hydrogen-bond acceptors (Lipinski definition) is 6. The molecule has 2 aromatic rings. The molecule has 216 valence electrons. The van der Waals surface area contributed by atoms with Crippen LogP contribution < -0.4 is 9.47 Å². The monoisotopic (exact) mass is 540 g/mol. The number of hydrogen-bond donors (Lipinski definition) is 4. The second-order valence-corrected chi connectivity index (χ2v) is 12.2. The Hall–Kier alpha value is -2.12. The maximum atomic E-state index is 10.2. The molecule has 39 heavy (non-hydrogen) atoms. The molecule has 6 nitrogen and oxygen atoms in total. The minimum Gasteiger partial charge on any atom is -0.493 e. The van der Waals surface area contributed by atoms with Crippen LogP contribution in [0.1, 0.15) is 110 Å². The number of aliphatic hydroxyl groups is 4. The minimum absolute atomic E-state index is 0.0507. The molecule has 0 bridgehead atoms. The van der Waals surface area contributed by atoms with Crippen LogP contribution in [-0.4, -0.2) is 34.6 Å². The molecule has 0 saturated heterocycles. The van der Waals surface area contributed by atoms with Crippen molar-refractivity contribution in [1.82, 2.24) is 0 Å². The van der Waals surface area contributed by atoms with E-state index in [4.69, 9.17) is 9.47 Å². The number of rotatable bonds is 10. The van der Waals surface area contributed by atoms with Gasteiger partial charge in [0.2, 0.25) is 0 Å². The van der Waals surface area contributed by atoms with E-state index in [2.05, 4.69) is 26.0 Å². The van der Waals surface area contributed by atoms with Crippen molar-refractivity contribution in [2.24, 2.45) is 17.3 Å². The van der Waals surface area contributed by atoms with E-state index in [-0.39, 0.29) is 31.8 Å². The summed E-state index contributed by atoms with van der Waals surface area (Å²) in [5.41, 5.74) is 5.65. The van der Waals surface area contributed by atoms with E-state index in [1.165, 1.54) is 31.2 Å². The van der Waals surface area contributed by atoms with Crippen LogP contribution in [0.25, 0.3) is 0 Å². The second kappa shape index (κ2) is 13.0. The van der Waals surface area contributed by atoms with Crippen LogP contribution in [-0.2, 0) is 26.4 Å². The van der Waals surface area contributed by atoms with Crippen molar-refractivity contribution < 1.29 is 29.9 Å². The van der Waals surface area contributed by atoms with E-state index in [1.807, 2.05) is 12.1 Å². The summed E-state index contributed by atoms with van der Waals surface area (Å²) >= 11 is 0. The Kier molecular flexibility index (Phi) is 9.97. The molecule has 2 aliphatic rings. The molecule has 0 aliphatic heterocycles. The van der Waals surface area contributed by atoms with Crippen molar-refractivity contribution in [1.29, 1.82) is 0 Å². The highest BCUT2D eigenvalue weighted by Crippen LogP contribution is 2.53. The molecule has 0 atom stereocenters. The molecule has 2 aliphatic carbocycles. The molecular formula is C33H48O6. The molecule has 0 amide bonds. The minimum atomic E-state index is -0.159. The van der Waals surface area contributed by atoms with Crippen LogP contribution >= 0.6 is 0 Å². The van der Waals surface area contributed by atoms with Crippen LogP contribution in [0.3, 0.4) is 0 Å². The van der Waals surface area contributed by atoms with Gasteiger partial charge in [-0.25, -0.2) is 0 Å². The van der Waals surface area contributed by atoms with E-state index < -0.39 is 0 Å². The average molecular weight is 541 g/mol. The number of benzene rings is 2. The van der Waals surface area contributed by atoms with Gasteiger partial charge in [-0.15, -0.1) is 0 Å². The van der Waals surface area contributed by atoms with Gasteiger partial charge in [-0.2, -0.15) is 0 Å². The van der Waals surface area contributed by atoms with Crippen LogP contribution in [0.5, 0.6) is 11.5 Å². The zero-order valence-corrected chi connectivity index (χ0v) is 24.2. The standard InChI is InChI=1S/C33H48O6/c1-33(2,24-10-5-21(6-11-24)26-14-9-23(17-34)28(18-35)29(26)19-36)25-12-7-22(8-13-25)27-15-16-31(38-3)32(39-4)30(27)20-37/h9,14-16,21-22,24-25,34-37H,5-8,10-13,17-20H2,1-4H3. The normalized spacial score (nSPS) is 24.0. The summed E-state index contributed by atoms with van der Waals surface area (Å²) in [6, 6.07) is 8.04. The van der Waals surface area contributed by atoms with Crippen LogP contribution in [0.2, 0.25) is 0 Å². The Morgan fingerprint density at radius 1 is 0.615 bits per heavy atom. The SMILES string of the molecule is COc1ccc(C2CCC(C(C)(C)C3CCC(c4ccc(CO)c(CO)c4CO)CC3)CC2)c(CO)c1OC. The lowest BCUT2D eigenvalue weighted by atomic mass is 9.58. The van der Waals surface area contributed by atoms with Gasteiger partial charge in [-0.05, 0) is 114 Å². The largest absolute Gasteiger partial charge is 0.493 e. The summed E-state index contributed by atoms with van der Waals surface area (Å²) in [5.74, 6) is 3.46. The van der Waals surface area contributed by atoms with Crippen LogP contribution in [0, 0.1) is 17.3 Å². The third-order valence-corrected chi connectivity index (χ3v) is 10.3. The summed E-state index contributed by atoms with van der Waals surface area (Å²) in [6.07, 6.45) is 9.13. The maximum absolute atomic E-state index is 10.2. The second-order valence-electron chi connectivity index (χ2n) is 12.2. The summed E-state index contributed by atoms with van der Waals surface area (Å²) in [6.45, 7) is 4.50. The first-order chi connectivity index (χ1) is 18.8. The number of ether oxygens (including phenoxy) is 2. The van der Waals surface area contributed by atoms with Crippen molar-refractivity contribution >= 4 is 0 Å². The van der Waals surface area contributed by atoms with Crippen molar-refractivity contribution in [3.8, 4) is 11.5 Å². The van der Waals surface area contributed by atoms with E-state index in [0.717, 1.165) is 42.4 Å². The fourth-order valence-electron chi connectivity index (χ4n) is 7.86. The molecule has 6 heteroatoms. The van der Waals surface area contributed by atoms with Crippen molar-refractivity contribution in [3.05, 3.63) is 57.6 Å². The molecule has 2 saturated carbocycles. The number of methoxy groups -OCH3 is 2. The van der Waals surface area contributed by atoms with Crippen molar-refractivity contribution in [3.63, 3.8) is 0 Å². The Bertz CT molecular complexity index is 1010. The molecule has 0 spiro atoms. The molecule has 4 N–H and O–H groups in total. The predicted molar refractivity (Wildman–Crippen MR) is 153 cm³/mol.